The first-order valence-corrected chi connectivity index (χ1v) is 5.82. The van der Waals surface area contributed by atoms with Crippen LogP contribution in [0.5, 0.6) is 0 Å². The Morgan fingerprint density at radius 3 is 0.812 bits per heavy atom. The van der Waals surface area contributed by atoms with Gasteiger partial charge in [-0.1, -0.05) is 0 Å². The molecule has 0 heterocycles. The lowest BCUT2D eigenvalue weighted by molar-refractivity contribution is -0.0503. The Morgan fingerprint density at radius 1 is 0.500 bits per heavy atom. The van der Waals surface area contributed by atoms with Crippen molar-refractivity contribution in [1.29, 1.82) is 0 Å². The fraction of sp³-hybridized carbons (Fsp3) is 1.00. The fourth-order valence-electron chi connectivity index (χ4n) is 0.938. The van der Waals surface area contributed by atoms with Crippen LogP contribution in [0.15, 0.2) is 0 Å². The number of hydrogen-bond acceptors (Lipinski definition) is 3. The molecular weight excluding hydrogens is 203 g/mol. The van der Waals surface area contributed by atoms with Gasteiger partial charge in [-0.3, -0.25) is 0 Å². The third kappa shape index (κ3) is 10.5. The highest BCUT2D eigenvalue weighted by molar-refractivity contribution is 6.36. The summed E-state index contributed by atoms with van der Waals surface area (Å²) in [6.07, 6.45) is 0. The van der Waals surface area contributed by atoms with Crippen LogP contribution in [0.2, 0.25) is 0 Å². The van der Waals surface area contributed by atoms with Crippen molar-refractivity contribution in [2.24, 2.45) is 0 Å². The summed E-state index contributed by atoms with van der Waals surface area (Å²) in [6.45, 7) is 17.9. The van der Waals surface area contributed by atoms with E-state index in [1.54, 1.807) is 0 Å². The monoisotopic (exact) mass is 230 g/mol. The predicted octanol–water partition coefficient (Wildman–Crippen LogP) is 3.42. The lowest BCUT2D eigenvalue weighted by atomic mass is 10.0. The van der Waals surface area contributed by atoms with Gasteiger partial charge in [-0.25, -0.2) is 0 Å². The van der Waals surface area contributed by atoms with Crippen LogP contribution >= 0.6 is 0 Å². The topological polar surface area (TPSA) is 27.7 Å². The summed E-state index contributed by atoms with van der Waals surface area (Å²) in [7, 11) is -0.639. The van der Waals surface area contributed by atoms with Gasteiger partial charge in [-0.05, 0) is 62.3 Å². The third-order valence-electron chi connectivity index (χ3n) is 1.35. The van der Waals surface area contributed by atoms with E-state index >= 15 is 0 Å². The molecule has 0 aromatic carbocycles. The molecule has 0 aliphatic rings. The molecule has 0 radical (unpaired) electrons. The molecular formula is C12H27BO3. The zero-order valence-corrected chi connectivity index (χ0v) is 12.3. The molecule has 0 saturated carbocycles. The third-order valence-corrected chi connectivity index (χ3v) is 1.35. The molecule has 96 valence electrons. The summed E-state index contributed by atoms with van der Waals surface area (Å²) >= 11 is 0. The highest BCUT2D eigenvalue weighted by Gasteiger charge is 2.35. The summed E-state index contributed by atoms with van der Waals surface area (Å²) in [4.78, 5) is 0. The molecule has 0 rings (SSSR count). The highest BCUT2D eigenvalue weighted by Crippen LogP contribution is 2.20. The second kappa shape index (κ2) is 5.07. The van der Waals surface area contributed by atoms with Crippen LogP contribution in [-0.4, -0.2) is 24.1 Å². The minimum Gasteiger partial charge on any atom is -0.381 e. The van der Waals surface area contributed by atoms with E-state index in [0.717, 1.165) is 0 Å². The molecule has 0 aromatic heterocycles. The van der Waals surface area contributed by atoms with E-state index in [0.29, 0.717) is 0 Å². The molecule has 0 saturated heterocycles. The highest BCUT2D eigenvalue weighted by atomic mass is 16.8. The van der Waals surface area contributed by atoms with Gasteiger partial charge in [0, 0.05) is 16.8 Å². The largest absolute Gasteiger partial charge is 0.640 e. The Kier molecular flexibility index (Phi) is 5.05. The maximum absolute atomic E-state index is 5.75. The van der Waals surface area contributed by atoms with E-state index in [4.69, 9.17) is 14.0 Å². The van der Waals surface area contributed by atoms with Crippen molar-refractivity contribution in [2.45, 2.75) is 79.1 Å². The van der Waals surface area contributed by atoms with E-state index in [1.807, 2.05) is 62.3 Å². The Labute approximate surface area is 101 Å². The van der Waals surface area contributed by atoms with Crippen molar-refractivity contribution in [3.05, 3.63) is 0 Å². The molecule has 0 unspecified atom stereocenters. The molecule has 0 aliphatic heterocycles. The first kappa shape index (κ1) is 15.9. The smallest absolute Gasteiger partial charge is 0.381 e. The fourth-order valence-corrected chi connectivity index (χ4v) is 0.938. The first-order valence-electron chi connectivity index (χ1n) is 5.82. The molecule has 0 aliphatic carbocycles. The molecule has 0 atom stereocenters. The molecule has 16 heavy (non-hydrogen) atoms. The van der Waals surface area contributed by atoms with E-state index in [1.165, 1.54) is 0 Å². The molecule has 0 N–H and O–H groups in total. The summed E-state index contributed by atoms with van der Waals surface area (Å²) in [5, 5.41) is 0. The van der Waals surface area contributed by atoms with E-state index < -0.39 is 7.32 Å². The van der Waals surface area contributed by atoms with Crippen molar-refractivity contribution in [2.75, 3.05) is 0 Å². The maximum Gasteiger partial charge on any atom is 0.640 e. The van der Waals surface area contributed by atoms with Gasteiger partial charge >= 0.3 is 7.32 Å². The molecule has 0 fully saturated rings. The Bertz CT molecular complexity index is 170. The number of rotatable bonds is 3. The average Bonchev–Trinajstić information content (AvgIpc) is 1.70. The van der Waals surface area contributed by atoms with Gasteiger partial charge in [0.05, 0.1) is 0 Å². The average molecular weight is 230 g/mol. The zero-order chi connectivity index (χ0) is 13.2. The lowest BCUT2D eigenvalue weighted by Crippen LogP contribution is -2.44. The van der Waals surface area contributed by atoms with Gasteiger partial charge in [0.25, 0.3) is 0 Å². The number of hydrogen-bond donors (Lipinski definition) is 0. The summed E-state index contributed by atoms with van der Waals surface area (Å²) in [6, 6.07) is 0. The van der Waals surface area contributed by atoms with Crippen LogP contribution in [0.1, 0.15) is 62.3 Å². The van der Waals surface area contributed by atoms with Crippen molar-refractivity contribution in [3.63, 3.8) is 0 Å². The SMILES string of the molecule is CC(C)(C)OB(OC(C)(C)C)OC(C)(C)C. The minimum absolute atomic E-state index is 0.291. The maximum atomic E-state index is 5.75. The molecule has 0 amide bonds. The summed E-state index contributed by atoms with van der Waals surface area (Å²) in [5.74, 6) is 0. The van der Waals surface area contributed by atoms with Crippen LogP contribution in [0.4, 0.5) is 0 Å². The van der Waals surface area contributed by atoms with Gasteiger partial charge in [0.1, 0.15) is 0 Å². The van der Waals surface area contributed by atoms with Gasteiger partial charge < -0.3 is 14.0 Å². The van der Waals surface area contributed by atoms with Crippen LogP contribution in [0.25, 0.3) is 0 Å². The summed E-state index contributed by atoms with van der Waals surface area (Å²) < 4.78 is 17.2. The normalized spacial score (nSPS) is 14.1. The lowest BCUT2D eigenvalue weighted by Gasteiger charge is -2.33. The van der Waals surface area contributed by atoms with Crippen LogP contribution in [-0.2, 0) is 14.0 Å². The van der Waals surface area contributed by atoms with Crippen molar-refractivity contribution >= 4 is 7.32 Å². The van der Waals surface area contributed by atoms with Gasteiger partial charge in [-0.15, -0.1) is 0 Å². The van der Waals surface area contributed by atoms with Gasteiger partial charge in [0.2, 0.25) is 0 Å². The Hall–Kier alpha value is -0.0551. The molecule has 0 aromatic rings. The molecule has 4 heteroatoms. The molecule has 3 nitrogen and oxygen atoms in total. The predicted molar refractivity (Wildman–Crippen MR) is 68.3 cm³/mol. The summed E-state index contributed by atoms with van der Waals surface area (Å²) in [5.41, 5.74) is -0.872. The second-order valence-electron chi connectivity index (χ2n) is 6.98. The van der Waals surface area contributed by atoms with Gasteiger partial charge in [0.15, 0.2) is 0 Å². The van der Waals surface area contributed by atoms with Crippen LogP contribution in [0.3, 0.4) is 0 Å². The van der Waals surface area contributed by atoms with Gasteiger partial charge in [-0.2, -0.15) is 0 Å². The van der Waals surface area contributed by atoms with E-state index in [2.05, 4.69) is 0 Å². The van der Waals surface area contributed by atoms with Crippen molar-refractivity contribution < 1.29 is 14.0 Å². The standard InChI is InChI=1S/C12H27BO3/c1-10(2,3)14-13(15-11(4,5)6)16-12(7,8)9/h1-9H3. The van der Waals surface area contributed by atoms with Crippen molar-refractivity contribution in [1.82, 2.24) is 0 Å². The quantitative estimate of drug-likeness (QED) is 0.695. The zero-order valence-electron chi connectivity index (χ0n) is 12.3. The molecule has 0 spiro atoms. The van der Waals surface area contributed by atoms with Crippen LogP contribution in [0, 0.1) is 0 Å². The van der Waals surface area contributed by atoms with E-state index in [-0.39, 0.29) is 16.8 Å². The Balaban J connectivity index is 4.53. The first-order chi connectivity index (χ1) is 6.79. The Morgan fingerprint density at radius 2 is 0.688 bits per heavy atom. The minimum atomic E-state index is -0.639. The van der Waals surface area contributed by atoms with Crippen LogP contribution < -0.4 is 0 Å². The van der Waals surface area contributed by atoms with Crippen molar-refractivity contribution in [3.8, 4) is 0 Å². The second-order valence-corrected chi connectivity index (χ2v) is 6.98. The molecule has 0 bridgehead atoms. The van der Waals surface area contributed by atoms with E-state index in [9.17, 15) is 0 Å².